The van der Waals surface area contributed by atoms with Gasteiger partial charge in [-0.25, -0.2) is 0 Å². The minimum absolute atomic E-state index is 0.815. The summed E-state index contributed by atoms with van der Waals surface area (Å²) in [5.74, 6) is 1.87. The number of methoxy groups -OCH3 is 2. The monoisotopic (exact) mass is 328 g/mol. The molecule has 1 fully saturated rings. The van der Waals surface area contributed by atoms with Gasteiger partial charge in [0.1, 0.15) is 11.5 Å². The SMILES string of the molecule is COc1ccc(PC2CCCCC2)c(OC)c1-c1ccccc1. The van der Waals surface area contributed by atoms with Crippen molar-refractivity contribution in [1.82, 2.24) is 0 Å². The Kier molecular flexibility index (Phi) is 5.56. The summed E-state index contributed by atoms with van der Waals surface area (Å²) in [5, 5.41) is 1.33. The van der Waals surface area contributed by atoms with Crippen LogP contribution in [0.1, 0.15) is 32.1 Å². The molecule has 0 bridgehead atoms. The molecular weight excluding hydrogens is 303 g/mol. The summed E-state index contributed by atoms with van der Waals surface area (Å²) in [5.41, 5.74) is 3.04. The van der Waals surface area contributed by atoms with Gasteiger partial charge in [0, 0.05) is 5.30 Å². The summed E-state index contributed by atoms with van der Waals surface area (Å²) in [6.07, 6.45) is 6.86. The van der Waals surface area contributed by atoms with Crippen molar-refractivity contribution in [2.24, 2.45) is 0 Å². The lowest BCUT2D eigenvalue weighted by Crippen LogP contribution is -2.13. The highest BCUT2D eigenvalue weighted by Crippen LogP contribution is 2.42. The normalized spacial score (nSPS) is 15.9. The van der Waals surface area contributed by atoms with Crippen molar-refractivity contribution in [2.75, 3.05) is 14.2 Å². The largest absolute Gasteiger partial charge is 0.496 e. The molecule has 1 unspecified atom stereocenters. The quantitative estimate of drug-likeness (QED) is 0.719. The third-order valence-electron chi connectivity index (χ3n) is 4.57. The average Bonchev–Trinajstić information content (AvgIpc) is 2.63. The van der Waals surface area contributed by atoms with Gasteiger partial charge in [0.15, 0.2) is 0 Å². The van der Waals surface area contributed by atoms with E-state index in [0.717, 1.165) is 36.9 Å². The zero-order chi connectivity index (χ0) is 16.1. The van der Waals surface area contributed by atoms with Gasteiger partial charge < -0.3 is 9.47 Å². The third-order valence-corrected chi connectivity index (χ3v) is 6.26. The first-order chi connectivity index (χ1) is 11.3. The van der Waals surface area contributed by atoms with Gasteiger partial charge in [0.05, 0.1) is 19.8 Å². The second kappa shape index (κ2) is 7.84. The summed E-state index contributed by atoms with van der Waals surface area (Å²) >= 11 is 0. The Labute approximate surface area is 141 Å². The smallest absolute Gasteiger partial charge is 0.137 e. The molecule has 0 radical (unpaired) electrons. The van der Waals surface area contributed by atoms with Crippen LogP contribution < -0.4 is 14.8 Å². The predicted octanol–water partition coefficient (Wildman–Crippen LogP) is 5.01. The number of hydrogen-bond acceptors (Lipinski definition) is 2. The van der Waals surface area contributed by atoms with Crippen LogP contribution in [0, 0.1) is 0 Å². The second-order valence-electron chi connectivity index (χ2n) is 6.07. The molecule has 1 aliphatic rings. The first kappa shape index (κ1) is 16.3. The molecule has 1 atom stereocenters. The highest BCUT2D eigenvalue weighted by Gasteiger charge is 2.20. The van der Waals surface area contributed by atoms with Crippen molar-refractivity contribution < 1.29 is 9.47 Å². The van der Waals surface area contributed by atoms with Crippen molar-refractivity contribution in [3.63, 3.8) is 0 Å². The van der Waals surface area contributed by atoms with Crippen LogP contribution in [0.3, 0.4) is 0 Å². The van der Waals surface area contributed by atoms with E-state index in [2.05, 4.69) is 36.4 Å². The van der Waals surface area contributed by atoms with Gasteiger partial charge in [-0.2, -0.15) is 0 Å². The van der Waals surface area contributed by atoms with Crippen LogP contribution in [-0.2, 0) is 0 Å². The van der Waals surface area contributed by atoms with E-state index in [0.29, 0.717) is 0 Å². The molecular formula is C20H25O2P. The Hall–Kier alpha value is -1.53. The Morgan fingerprint density at radius 2 is 1.61 bits per heavy atom. The van der Waals surface area contributed by atoms with Crippen molar-refractivity contribution in [2.45, 2.75) is 37.8 Å². The molecule has 2 aromatic rings. The molecule has 122 valence electrons. The molecule has 0 heterocycles. The van der Waals surface area contributed by atoms with Crippen molar-refractivity contribution in [1.29, 1.82) is 0 Å². The van der Waals surface area contributed by atoms with Gasteiger partial charge in [-0.1, -0.05) is 58.2 Å². The fraction of sp³-hybridized carbons (Fsp3) is 0.400. The first-order valence-electron chi connectivity index (χ1n) is 8.40. The molecule has 2 aromatic carbocycles. The van der Waals surface area contributed by atoms with E-state index >= 15 is 0 Å². The van der Waals surface area contributed by atoms with Crippen LogP contribution in [0.4, 0.5) is 0 Å². The molecule has 0 aliphatic heterocycles. The van der Waals surface area contributed by atoms with Crippen LogP contribution in [0.2, 0.25) is 0 Å². The zero-order valence-electron chi connectivity index (χ0n) is 14.0. The molecule has 3 heteroatoms. The molecule has 0 spiro atoms. The maximum atomic E-state index is 5.84. The van der Waals surface area contributed by atoms with Gasteiger partial charge in [-0.15, -0.1) is 0 Å². The summed E-state index contributed by atoms with van der Waals surface area (Å²) in [6.45, 7) is 0. The average molecular weight is 328 g/mol. The second-order valence-corrected chi connectivity index (χ2v) is 7.71. The summed E-state index contributed by atoms with van der Waals surface area (Å²) < 4.78 is 11.5. The Morgan fingerprint density at radius 3 is 2.26 bits per heavy atom. The molecule has 23 heavy (non-hydrogen) atoms. The van der Waals surface area contributed by atoms with Crippen LogP contribution >= 0.6 is 8.58 Å². The molecule has 0 N–H and O–H groups in total. The van der Waals surface area contributed by atoms with Crippen LogP contribution in [-0.4, -0.2) is 19.9 Å². The van der Waals surface area contributed by atoms with Crippen LogP contribution in [0.25, 0.3) is 11.1 Å². The Bertz CT molecular complexity index is 634. The predicted molar refractivity (Wildman–Crippen MR) is 99.8 cm³/mol. The standard InChI is InChI=1S/C20H25O2P/c1-21-17-13-14-18(23-16-11-7-4-8-12-16)20(22-2)19(17)15-9-5-3-6-10-15/h3,5-6,9-10,13-14,16,23H,4,7-8,11-12H2,1-2H3. The maximum absolute atomic E-state index is 5.84. The van der Waals surface area contributed by atoms with Gasteiger partial charge in [-0.05, 0) is 36.2 Å². The molecule has 1 saturated carbocycles. The van der Waals surface area contributed by atoms with E-state index < -0.39 is 0 Å². The number of benzene rings is 2. The minimum Gasteiger partial charge on any atom is -0.496 e. The molecule has 3 rings (SSSR count). The number of hydrogen-bond donors (Lipinski definition) is 0. The molecule has 2 nitrogen and oxygen atoms in total. The van der Waals surface area contributed by atoms with Crippen LogP contribution in [0.15, 0.2) is 42.5 Å². The fourth-order valence-electron chi connectivity index (χ4n) is 3.41. The van der Waals surface area contributed by atoms with E-state index in [-0.39, 0.29) is 0 Å². The number of rotatable bonds is 5. The minimum atomic E-state index is 0.815. The highest BCUT2D eigenvalue weighted by atomic mass is 31.1. The van der Waals surface area contributed by atoms with Gasteiger partial charge in [0.2, 0.25) is 0 Å². The molecule has 1 aliphatic carbocycles. The molecule has 0 saturated heterocycles. The lowest BCUT2D eigenvalue weighted by atomic mass is 10.0. The fourth-order valence-corrected chi connectivity index (χ4v) is 5.08. The van der Waals surface area contributed by atoms with Crippen molar-refractivity contribution in [3.8, 4) is 22.6 Å². The highest BCUT2D eigenvalue weighted by molar-refractivity contribution is 7.48. The van der Waals surface area contributed by atoms with Gasteiger partial charge in [0.25, 0.3) is 0 Å². The van der Waals surface area contributed by atoms with E-state index in [1.165, 1.54) is 37.4 Å². The summed E-state index contributed by atoms with van der Waals surface area (Å²) in [4.78, 5) is 0. The third kappa shape index (κ3) is 3.70. The molecule has 0 amide bonds. The van der Waals surface area contributed by atoms with Crippen molar-refractivity contribution in [3.05, 3.63) is 42.5 Å². The lowest BCUT2D eigenvalue weighted by Gasteiger charge is -2.24. The zero-order valence-corrected chi connectivity index (χ0v) is 15.0. The summed E-state index contributed by atoms with van der Waals surface area (Å²) in [7, 11) is 4.32. The van der Waals surface area contributed by atoms with Gasteiger partial charge >= 0.3 is 0 Å². The topological polar surface area (TPSA) is 18.5 Å². The number of ether oxygens (including phenoxy) is 2. The van der Waals surface area contributed by atoms with Gasteiger partial charge in [-0.3, -0.25) is 0 Å². The Balaban J connectivity index is 2.00. The van der Waals surface area contributed by atoms with Crippen molar-refractivity contribution >= 4 is 13.9 Å². The van der Waals surface area contributed by atoms with Crippen LogP contribution in [0.5, 0.6) is 11.5 Å². The summed E-state index contributed by atoms with van der Waals surface area (Å²) in [6, 6.07) is 14.7. The lowest BCUT2D eigenvalue weighted by molar-refractivity contribution is 0.399. The Morgan fingerprint density at radius 1 is 0.870 bits per heavy atom. The van der Waals surface area contributed by atoms with E-state index in [9.17, 15) is 0 Å². The van der Waals surface area contributed by atoms with E-state index in [4.69, 9.17) is 9.47 Å². The maximum Gasteiger partial charge on any atom is 0.137 e. The van der Waals surface area contributed by atoms with E-state index in [1.54, 1.807) is 14.2 Å². The molecule has 0 aromatic heterocycles. The van der Waals surface area contributed by atoms with E-state index in [1.807, 2.05) is 6.07 Å². The first-order valence-corrected chi connectivity index (χ1v) is 9.48.